The fourth-order valence-electron chi connectivity index (χ4n) is 3.51. The summed E-state index contributed by atoms with van der Waals surface area (Å²) < 4.78 is 16.8. The van der Waals surface area contributed by atoms with Crippen LogP contribution in [-0.4, -0.2) is 37.8 Å². The number of carbonyl (C=O) groups is 2. The summed E-state index contributed by atoms with van der Waals surface area (Å²) in [5.41, 5.74) is 4.50. The molecule has 3 rings (SSSR count). The van der Waals surface area contributed by atoms with Gasteiger partial charge >= 0.3 is 0 Å². The Morgan fingerprint density at radius 1 is 1.00 bits per heavy atom. The van der Waals surface area contributed by atoms with Gasteiger partial charge in [-0.3, -0.25) is 9.59 Å². The number of ether oxygens (including phenoxy) is 3. The molecule has 0 aliphatic carbocycles. The van der Waals surface area contributed by atoms with Crippen LogP contribution in [0.2, 0.25) is 5.02 Å². The Kier molecular flexibility index (Phi) is 10.5. The van der Waals surface area contributed by atoms with Crippen molar-refractivity contribution in [1.82, 2.24) is 10.7 Å². The highest BCUT2D eigenvalue weighted by molar-refractivity contribution is 6.31. The van der Waals surface area contributed by atoms with E-state index >= 15 is 0 Å². The lowest BCUT2D eigenvalue weighted by Crippen LogP contribution is -2.48. The summed E-state index contributed by atoms with van der Waals surface area (Å²) in [4.78, 5) is 25.4. The standard InChI is InChI=1S/C29H32ClN3O5/c1-5-37-26-16-20(10-15-25(26)38-18-22-8-6-7-9-24(22)30)17-31-33-29(35)27(19(2)3)32-28(34)21-11-13-23(36-4)14-12-21/h6-17,19,27H,5,18H2,1-4H3,(H,32,34)(H,33,35)/b31-17+. The zero-order valence-electron chi connectivity index (χ0n) is 21.9. The van der Waals surface area contributed by atoms with Crippen LogP contribution in [0.15, 0.2) is 71.8 Å². The number of hydrogen-bond donors (Lipinski definition) is 2. The van der Waals surface area contributed by atoms with Crippen molar-refractivity contribution in [2.24, 2.45) is 11.0 Å². The van der Waals surface area contributed by atoms with Gasteiger partial charge in [-0.2, -0.15) is 5.10 Å². The Morgan fingerprint density at radius 3 is 2.39 bits per heavy atom. The van der Waals surface area contributed by atoms with Crippen LogP contribution in [0.4, 0.5) is 0 Å². The summed E-state index contributed by atoms with van der Waals surface area (Å²) in [6, 6.07) is 18.7. The molecule has 2 N–H and O–H groups in total. The number of hydrazone groups is 1. The molecule has 9 heteroatoms. The molecule has 200 valence electrons. The van der Waals surface area contributed by atoms with Gasteiger partial charge in [0.1, 0.15) is 18.4 Å². The summed E-state index contributed by atoms with van der Waals surface area (Å²) >= 11 is 6.22. The largest absolute Gasteiger partial charge is 0.497 e. The van der Waals surface area contributed by atoms with Gasteiger partial charge in [0.15, 0.2) is 11.5 Å². The van der Waals surface area contributed by atoms with Gasteiger partial charge in [0.05, 0.1) is 19.9 Å². The monoisotopic (exact) mass is 537 g/mol. The number of rotatable bonds is 12. The number of nitrogens with one attached hydrogen (secondary N) is 2. The van der Waals surface area contributed by atoms with E-state index in [4.69, 9.17) is 25.8 Å². The maximum atomic E-state index is 12.8. The highest BCUT2D eigenvalue weighted by Crippen LogP contribution is 2.29. The number of halogens is 1. The van der Waals surface area contributed by atoms with Gasteiger partial charge in [-0.15, -0.1) is 0 Å². The van der Waals surface area contributed by atoms with Gasteiger partial charge in [-0.25, -0.2) is 5.43 Å². The van der Waals surface area contributed by atoms with Crippen molar-refractivity contribution in [2.75, 3.05) is 13.7 Å². The third-order valence-corrected chi connectivity index (χ3v) is 5.95. The van der Waals surface area contributed by atoms with Crippen molar-refractivity contribution < 1.29 is 23.8 Å². The molecule has 3 aromatic rings. The molecule has 2 amide bonds. The number of hydrogen-bond acceptors (Lipinski definition) is 6. The van der Waals surface area contributed by atoms with Crippen LogP contribution in [0.1, 0.15) is 42.3 Å². The van der Waals surface area contributed by atoms with Crippen molar-refractivity contribution in [1.29, 1.82) is 0 Å². The van der Waals surface area contributed by atoms with Gasteiger partial charge in [0.2, 0.25) is 0 Å². The van der Waals surface area contributed by atoms with Crippen LogP contribution in [0.3, 0.4) is 0 Å². The number of benzene rings is 3. The number of carbonyl (C=O) groups excluding carboxylic acids is 2. The molecule has 3 aromatic carbocycles. The first kappa shape index (κ1) is 28.5. The lowest BCUT2D eigenvalue weighted by molar-refractivity contribution is -0.123. The Hall–Kier alpha value is -4.04. The van der Waals surface area contributed by atoms with E-state index in [0.717, 1.165) is 5.56 Å². The van der Waals surface area contributed by atoms with Crippen LogP contribution in [0.25, 0.3) is 0 Å². The van der Waals surface area contributed by atoms with Crippen molar-refractivity contribution >= 4 is 29.6 Å². The fraction of sp³-hybridized carbons (Fsp3) is 0.276. The normalized spacial score (nSPS) is 11.7. The average Bonchev–Trinajstić information content (AvgIpc) is 2.92. The van der Waals surface area contributed by atoms with Gasteiger partial charge in [0, 0.05) is 16.1 Å². The van der Waals surface area contributed by atoms with E-state index in [9.17, 15) is 9.59 Å². The Morgan fingerprint density at radius 2 is 1.74 bits per heavy atom. The van der Waals surface area contributed by atoms with Crippen molar-refractivity contribution in [3.8, 4) is 17.2 Å². The van der Waals surface area contributed by atoms with E-state index < -0.39 is 11.9 Å². The van der Waals surface area contributed by atoms with Crippen LogP contribution >= 0.6 is 11.6 Å². The quantitative estimate of drug-likeness (QED) is 0.243. The number of nitrogens with zero attached hydrogens (tertiary/aromatic N) is 1. The molecule has 0 aromatic heterocycles. The van der Waals surface area contributed by atoms with E-state index in [1.165, 1.54) is 6.21 Å². The van der Waals surface area contributed by atoms with Crippen molar-refractivity contribution in [3.63, 3.8) is 0 Å². The molecule has 0 radical (unpaired) electrons. The van der Waals surface area contributed by atoms with E-state index in [1.807, 2.05) is 45.0 Å². The minimum atomic E-state index is -0.777. The summed E-state index contributed by atoms with van der Waals surface area (Å²) in [6.07, 6.45) is 1.50. The molecular weight excluding hydrogens is 506 g/mol. The molecule has 38 heavy (non-hydrogen) atoms. The number of methoxy groups -OCH3 is 1. The minimum absolute atomic E-state index is 0.161. The summed E-state index contributed by atoms with van der Waals surface area (Å²) in [6.45, 7) is 6.31. The molecule has 0 fully saturated rings. The molecule has 0 aliphatic rings. The average molecular weight is 538 g/mol. The highest BCUT2D eigenvalue weighted by atomic mass is 35.5. The van der Waals surface area contributed by atoms with Crippen LogP contribution in [0.5, 0.6) is 17.2 Å². The molecule has 0 saturated carbocycles. The maximum absolute atomic E-state index is 12.8. The molecule has 0 heterocycles. The topological polar surface area (TPSA) is 98.2 Å². The SMILES string of the molecule is CCOc1cc(/C=N/NC(=O)C(NC(=O)c2ccc(OC)cc2)C(C)C)ccc1OCc1ccccc1Cl. The molecule has 0 spiro atoms. The van der Waals surface area contributed by atoms with Crippen molar-refractivity contribution in [2.45, 2.75) is 33.4 Å². The predicted octanol–water partition coefficient (Wildman–Crippen LogP) is 5.23. The predicted molar refractivity (Wildman–Crippen MR) is 148 cm³/mol. The van der Waals surface area contributed by atoms with Crippen LogP contribution in [0, 0.1) is 5.92 Å². The fourth-order valence-corrected chi connectivity index (χ4v) is 3.70. The molecule has 0 aliphatic heterocycles. The molecule has 0 saturated heterocycles. The zero-order chi connectivity index (χ0) is 27.5. The van der Waals surface area contributed by atoms with Crippen molar-refractivity contribution in [3.05, 3.63) is 88.4 Å². The third-order valence-electron chi connectivity index (χ3n) is 5.58. The zero-order valence-corrected chi connectivity index (χ0v) is 22.6. The van der Waals surface area contributed by atoms with Crippen LogP contribution < -0.4 is 25.0 Å². The Labute approximate surface area is 227 Å². The first-order valence-corrected chi connectivity index (χ1v) is 12.6. The molecule has 1 atom stereocenters. The van der Waals surface area contributed by atoms with Crippen LogP contribution in [-0.2, 0) is 11.4 Å². The Bertz CT molecular complexity index is 1260. The first-order chi connectivity index (χ1) is 18.3. The van der Waals surface area contributed by atoms with Gasteiger partial charge in [0.25, 0.3) is 11.8 Å². The molecule has 1 unspecified atom stereocenters. The first-order valence-electron chi connectivity index (χ1n) is 12.2. The summed E-state index contributed by atoms with van der Waals surface area (Å²) in [5.74, 6) is 0.797. The summed E-state index contributed by atoms with van der Waals surface area (Å²) in [5, 5.41) is 7.48. The molecule has 8 nitrogen and oxygen atoms in total. The summed E-state index contributed by atoms with van der Waals surface area (Å²) in [7, 11) is 1.55. The van der Waals surface area contributed by atoms with E-state index in [1.54, 1.807) is 49.6 Å². The molecule has 0 bridgehead atoms. The second-order valence-corrected chi connectivity index (χ2v) is 9.08. The maximum Gasteiger partial charge on any atom is 0.262 e. The van der Waals surface area contributed by atoms with E-state index in [0.29, 0.717) is 46.6 Å². The lowest BCUT2D eigenvalue weighted by Gasteiger charge is -2.20. The minimum Gasteiger partial charge on any atom is -0.497 e. The number of amides is 2. The smallest absolute Gasteiger partial charge is 0.262 e. The van der Waals surface area contributed by atoms with Gasteiger partial charge < -0.3 is 19.5 Å². The second-order valence-electron chi connectivity index (χ2n) is 8.68. The second kappa shape index (κ2) is 14.0. The molecular formula is C29H32ClN3O5. The lowest BCUT2D eigenvalue weighted by atomic mass is 10.0. The van der Waals surface area contributed by atoms with Gasteiger partial charge in [-0.05, 0) is 66.9 Å². The highest BCUT2D eigenvalue weighted by Gasteiger charge is 2.24. The van der Waals surface area contributed by atoms with E-state index in [2.05, 4.69) is 15.8 Å². The Balaban J connectivity index is 1.63. The van der Waals surface area contributed by atoms with Gasteiger partial charge in [-0.1, -0.05) is 43.6 Å². The third kappa shape index (κ3) is 7.98. The van der Waals surface area contributed by atoms with E-state index in [-0.39, 0.29) is 11.8 Å².